The van der Waals surface area contributed by atoms with Crippen LogP contribution in [-0.2, 0) is 4.79 Å². The largest absolute Gasteiger partial charge is 0.390 e. The highest BCUT2D eigenvalue weighted by Crippen LogP contribution is 2.26. The Balaban J connectivity index is 1.38. The van der Waals surface area contributed by atoms with Gasteiger partial charge in [0.2, 0.25) is 5.91 Å². The Morgan fingerprint density at radius 3 is 2.71 bits per heavy atom. The number of anilines is 1. The number of nitrogens with one attached hydrogen (secondary N) is 1. The molecule has 0 saturated carbocycles. The van der Waals surface area contributed by atoms with E-state index in [1.165, 1.54) is 11.3 Å². The first-order valence-corrected chi connectivity index (χ1v) is 10.8. The maximum absolute atomic E-state index is 12.6. The summed E-state index contributed by atoms with van der Waals surface area (Å²) in [5, 5.41) is 13.4. The summed E-state index contributed by atoms with van der Waals surface area (Å²) < 4.78 is 37.1. The number of aryl methyl sites for hydroxylation is 1. The number of hydrogen-bond donors (Lipinski definition) is 1. The third-order valence-corrected chi connectivity index (χ3v) is 6.10. The lowest BCUT2D eigenvalue weighted by atomic mass is 9.96. The van der Waals surface area contributed by atoms with Crippen molar-refractivity contribution in [3.8, 4) is 10.7 Å². The molecule has 1 aliphatic rings. The highest BCUT2D eigenvalue weighted by atomic mass is 32.1. The number of rotatable bonds is 5. The molecule has 0 atom stereocenters. The zero-order chi connectivity index (χ0) is 22.0. The molecular formula is C20H21F3N6OS. The van der Waals surface area contributed by atoms with Gasteiger partial charge in [-0.3, -0.25) is 4.79 Å². The summed E-state index contributed by atoms with van der Waals surface area (Å²) in [7, 11) is 0. The Morgan fingerprint density at radius 1 is 1.26 bits per heavy atom. The predicted molar refractivity (Wildman–Crippen MR) is 112 cm³/mol. The summed E-state index contributed by atoms with van der Waals surface area (Å²) in [6.07, 6.45) is -2.28. The van der Waals surface area contributed by atoms with E-state index in [1.807, 2.05) is 19.1 Å². The van der Waals surface area contributed by atoms with Crippen LogP contribution in [0, 0.1) is 12.8 Å². The van der Waals surface area contributed by atoms with Crippen LogP contribution in [0.2, 0.25) is 0 Å². The van der Waals surface area contributed by atoms with Crippen LogP contribution in [-0.4, -0.2) is 56.8 Å². The molecule has 0 bridgehead atoms. The molecule has 1 aliphatic heterocycles. The van der Waals surface area contributed by atoms with E-state index in [0.29, 0.717) is 43.0 Å². The molecule has 7 nitrogen and oxygen atoms in total. The van der Waals surface area contributed by atoms with E-state index >= 15 is 0 Å². The van der Waals surface area contributed by atoms with Crippen molar-refractivity contribution in [1.82, 2.24) is 25.1 Å². The summed E-state index contributed by atoms with van der Waals surface area (Å²) in [5.41, 5.74) is 1.38. The quantitative estimate of drug-likeness (QED) is 0.631. The SMILES string of the molecule is Cc1nnc(-c2ccc3cnc(NC(=O)C4CCN(CCC(F)(F)F)CC4)cc3n2)s1. The van der Waals surface area contributed by atoms with Gasteiger partial charge in [0.15, 0.2) is 5.01 Å². The molecule has 31 heavy (non-hydrogen) atoms. The Kier molecular flexibility index (Phi) is 6.15. The van der Waals surface area contributed by atoms with Gasteiger partial charge in [0, 0.05) is 30.1 Å². The van der Waals surface area contributed by atoms with Gasteiger partial charge in [-0.25, -0.2) is 9.97 Å². The minimum atomic E-state index is -4.15. The lowest BCUT2D eigenvalue weighted by Gasteiger charge is -2.31. The van der Waals surface area contributed by atoms with Crippen molar-refractivity contribution in [3.63, 3.8) is 0 Å². The molecule has 3 aromatic rings. The number of piperidine rings is 1. The predicted octanol–water partition coefficient (Wildman–Crippen LogP) is 4.06. The highest BCUT2D eigenvalue weighted by Gasteiger charge is 2.30. The fourth-order valence-electron chi connectivity index (χ4n) is 3.54. The van der Waals surface area contributed by atoms with Gasteiger partial charge in [0.25, 0.3) is 0 Å². The van der Waals surface area contributed by atoms with Crippen molar-refractivity contribution in [2.24, 2.45) is 5.92 Å². The standard InChI is InChI=1S/C20H21F3N6OS/c1-12-27-28-19(31-12)15-3-2-14-11-24-17(10-16(14)25-15)26-18(30)13-4-7-29(8-5-13)9-6-20(21,22)23/h2-3,10-11,13H,4-9H2,1H3,(H,24,26,30). The molecule has 0 aromatic carbocycles. The van der Waals surface area contributed by atoms with Crippen LogP contribution in [0.5, 0.6) is 0 Å². The number of carbonyl (C=O) groups excluding carboxylic acids is 1. The van der Waals surface area contributed by atoms with E-state index in [1.54, 1.807) is 17.2 Å². The fourth-order valence-corrected chi connectivity index (χ4v) is 4.20. The van der Waals surface area contributed by atoms with Gasteiger partial charge in [0.05, 0.1) is 11.9 Å². The van der Waals surface area contributed by atoms with Crippen molar-refractivity contribution in [3.05, 3.63) is 29.4 Å². The molecule has 0 spiro atoms. The fraction of sp³-hybridized carbons (Fsp3) is 0.450. The van der Waals surface area contributed by atoms with E-state index in [0.717, 1.165) is 15.4 Å². The molecule has 1 amide bonds. The van der Waals surface area contributed by atoms with Crippen molar-refractivity contribution in [1.29, 1.82) is 0 Å². The maximum atomic E-state index is 12.6. The van der Waals surface area contributed by atoms with Crippen LogP contribution >= 0.6 is 11.3 Å². The number of nitrogens with zero attached hydrogens (tertiary/aromatic N) is 5. The summed E-state index contributed by atoms with van der Waals surface area (Å²) in [6, 6.07) is 5.46. The van der Waals surface area contributed by atoms with Crippen LogP contribution in [0.25, 0.3) is 21.6 Å². The van der Waals surface area contributed by atoms with Gasteiger partial charge in [-0.05, 0) is 45.0 Å². The van der Waals surface area contributed by atoms with Crippen molar-refractivity contribution in [2.75, 3.05) is 25.0 Å². The van der Waals surface area contributed by atoms with Crippen molar-refractivity contribution in [2.45, 2.75) is 32.4 Å². The molecule has 1 fully saturated rings. The van der Waals surface area contributed by atoms with E-state index in [4.69, 9.17) is 0 Å². The maximum Gasteiger partial charge on any atom is 0.390 e. The van der Waals surface area contributed by atoms with Gasteiger partial charge in [-0.2, -0.15) is 13.2 Å². The summed E-state index contributed by atoms with van der Waals surface area (Å²) >= 11 is 1.45. The molecule has 1 saturated heterocycles. The van der Waals surface area contributed by atoms with Crippen LogP contribution < -0.4 is 5.32 Å². The van der Waals surface area contributed by atoms with Crippen molar-refractivity contribution < 1.29 is 18.0 Å². The molecule has 0 aliphatic carbocycles. The van der Waals surface area contributed by atoms with Gasteiger partial charge in [-0.15, -0.1) is 10.2 Å². The van der Waals surface area contributed by atoms with Gasteiger partial charge in [0.1, 0.15) is 16.5 Å². The second kappa shape index (κ2) is 8.83. The smallest absolute Gasteiger partial charge is 0.310 e. The first-order chi connectivity index (χ1) is 14.8. The third kappa shape index (κ3) is 5.53. The lowest BCUT2D eigenvalue weighted by molar-refractivity contribution is -0.139. The molecule has 11 heteroatoms. The summed E-state index contributed by atoms with van der Waals surface area (Å²) in [6.45, 7) is 2.81. The number of fused-ring (bicyclic) bond motifs is 1. The van der Waals surface area contributed by atoms with Crippen LogP contribution in [0.1, 0.15) is 24.3 Å². The zero-order valence-corrected chi connectivity index (χ0v) is 17.6. The second-order valence-corrected chi connectivity index (χ2v) is 8.74. The minimum absolute atomic E-state index is 0.0216. The Bertz CT molecular complexity index is 1080. The van der Waals surface area contributed by atoms with Gasteiger partial charge < -0.3 is 10.2 Å². The number of likely N-dealkylation sites (tertiary alicyclic amines) is 1. The lowest BCUT2D eigenvalue weighted by Crippen LogP contribution is -2.39. The Labute approximate surface area is 180 Å². The molecular weight excluding hydrogens is 429 g/mol. The average Bonchev–Trinajstić information content (AvgIpc) is 3.18. The molecule has 0 radical (unpaired) electrons. The number of carbonyl (C=O) groups is 1. The van der Waals surface area contributed by atoms with Gasteiger partial charge >= 0.3 is 6.18 Å². The average molecular weight is 450 g/mol. The third-order valence-electron chi connectivity index (χ3n) is 5.24. The molecule has 4 rings (SSSR count). The van der Waals surface area contributed by atoms with Crippen molar-refractivity contribution >= 4 is 34.0 Å². The zero-order valence-electron chi connectivity index (χ0n) is 16.8. The number of pyridine rings is 2. The number of alkyl halides is 3. The Hall–Kier alpha value is -2.66. The highest BCUT2D eigenvalue weighted by molar-refractivity contribution is 7.14. The molecule has 164 valence electrons. The molecule has 3 aromatic heterocycles. The molecule has 4 heterocycles. The van der Waals surface area contributed by atoms with Crippen LogP contribution in [0.15, 0.2) is 24.4 Å². The molecule has 1 N–H and O–H groups in total. The number of aromatic nitrogens is 4. The normalized spacial score (nSPS) is 16.0. The topological polar surface area (TPSA) is 83.9 Å². The number of halogens is 3. The number of hydrogen-bond acceptors (Lipinski definition) is 7. The van der Waals surface area contributed by atoms with Crippen LogP contribution in [0.4, 0.5) is 19.0 Å². The minimum Gasteiger partial charge on any atom is -0.310 e. The van der Waals surface area contributed by atoms with E-state index in [2.05, 4.69) is 25.5 Å². The first kappa shape index (κ1) is 21.6. The number of amides is 1. The van der Waals surface area contributed by atoms with E-state index in [-0.39, 0.29) is 18.4 Å². The summed E-state index contributed by atoms with van der Waals surface area (Å²) in [5.74, 6) is -0.0170. The van der Waals surface area contributed by atoms with Gasteiger partial charge in [-0.1, -0.05) is 11.3 Å². The Morgan fingerprint density at radius 2 is 2.03 bits per heavy atom. The van der Waals surface area contributed by atoms with Crippen LogP contribution in [0.3, 0.4) is 0 Å². The monoisotopic (exact) mass is 450 g/mol. The second-order valence-electron chi connectivity index (χ2n) is 7.56. The summed E-state index contributed by atoms with van der Waals surface area (Å²) in [4.78, 5) is 23.3. The van der Waals surface area contributed by atoms with E-state index in [9.17, 15) is 18.0 Å². The first-order valence-electron chi connectivity index (χ1n) is 9.94. The molecule has 0 unspecified atom stereocenters. The van der Waals surface area contributed by atoms with E-state index < -0.39 is 12.6 Å².